The smallest absolute Gasteiger partial charge is 0.232 e. The van der Waals surface area contributed by atoms with E-state index in [1.165, 1.54) is 11.3 Å². The zero-order chi connectivity index (χ0) is 13.1. The highest BCUT2D eigenvalue weighted by molar-refractivity contribution is 7.13. The monoisotopic (exact) mass is 273 g/mol. The van der Waals surface area contributed by atoms with Crippen molar-refractivity contribution >= 4 is 16.5 Å². The van der Waals surface area contributed by atoms with E-state index in [-0.39, 0.29) is 0 Å². The first-order chi connectivity index (χ1) is 9.29. The number of nitrogens with two attached hydrogens (primary N) is 1. The summed E-state index contributed by atoms with van der Waals surface area (Å²) in [6.07, 6.45) is 4.63. The number of thiazole rings is 1. The zero-order valence-corrected chi connectivity index (χ0v) is 10.8. The minimum atomic E-state index is 0.511. The van der Waals surface area contributed by atoms with Crippen molar-refractivity contribution in [3.63, 3.8) is 0 Å². The molecular formula is C12H11N5OS. The maximum absolute atomic E-state index is 5.57. The van der Waals surface area contributed by atoms with Gasteiger partial charge >= 0.3 is 0 Å². The average molecular weight is 273 g/mol. The topological polar surface area (TPSA) is 90.7 Å². The second kappa shape index (κ2) is 5.15. The Labute approximate surface area is 113 Å². The van der Waals surface area contributed by atoms with Crippen LogP contribution < -0.4 is 5.73 Å². The van der Waals surface area contributed by atoms with Gasteiger partial charge in [0, 0.05) is 24.2 Å². The van der Waals surface area contributed by atoms with Crippen LogP contribution in [0.2, 0.25) is 0 Å². The van der Waals surface area contributed by atoms with Gasteiger partial charge in [0.2, 0.25) is 5.89 Å². The van der Waals surface area contributed by atoms with Crippen molar-refractivity contribution in [1.29, 1.82) is 0 Å². The molecule has 3 aromatic rings. The summed E-state index contributed by atoms with van der Waals surface area (Å²) in [4.78, 5) is 12.5. The molecule has 2 N–H and O–H groups in total. The highest BCUT2D eigenvalue weighted by atomic mass is 32.1. The Morgan fingerprint density at radius 3 is 2.74 bits per heavy atom. The summed E-state index contributed by atoms with van der Waals surface area (Å²) in [5.74, 6) is 1.21. The summed E-state index contributed by atoms with van der Waals surface area (Å²) in [7, 11) is 0. The Morgan fingerprint density at radius 1 is 1.16 bits per heavy atom. The summed E-state index contributed by atoms with van der Waals surface area (Å²) < 4.78 is 5.20. The lowest BCUT2D eigenvalue weighted by Crippen LogP contribution is -1.93. The van der Waals surface area contributed by atoms with Crippen LogP contribution in [-0.4, -0.2) is 20.1 Å². The fourth-order valence-corrected chi connectivity index (χ4v) is 2.24. The number of pyridine rings is 1. The summed E-state index contributed by atoms with van der Waals surface area (Å²) in [5.41, 5.74) is 7.52. The fourth-order valence-electron chi connectivity index (χ4n) is 1.68. The van der Waals surface area contributed by atoms with E-state index in [4.69, 9.17) is 10.3 Å². The molecule has 0 aliphatic heterocycles. The van der Waals surface area contributed by atoms with Gasteiger partial charge < -0.3 is 10.3 Å². The molecule has 0 saturated carbocycles. The second-order valence-electron chi connectivity index (χ2n) is 3.99. The first kappa shape index (κ1) is 11.8. The molecule has 3 heterocycles. The summed E-state index contributed by atoms with van der Waals surface area (Å²) in [5, 5.41) is 6.39. The third-order valence-electron chi connectivity index (χ3n) is 2.52. The molecule has 0 fully saturated rings. The fraction of sp³-hybridized carbons (Fsp3) is 0.167. The van der Waals surface area contributed by atoms with Crippen LogP contribution in [0.3, 0.4) is 0 Å². The number of rotatable bonds is 4. The minimum absolute atomic E-state index is 0.511. The van der Waals surface area contributed by atoms with E-state index < -0.39 is 0 Å². The molecule has 0 amide bonds. The molecule has 0 aliphatic rings. The Bertz CT molecular complexity index is 664. The molecule has 0 spiro atoms. The molecule has 0 aliphatic carbocycles. The Kier molecular flexibility index (Phi) is 3.20. The number of aromatic nitrogens is 4. The summed E-state index contributed by atoms with van der Waals surface area (Å²) in [6.45, 7) is 0. The van der Waals surface area contributed by atoms with Crippen LogP contribution in [0.5, 0.6) is 0 Å². The van der Waals surface area contributed by atoms with Crippen molar-refractivity contribution in [2.75, 3.05) is 5.73 Å². The molecule has 3 aromatic heterocycles. The van der Waals surface area contributed by atoms with E-state index in [0.717, 1.165) is 11.3 Å². The number of anilines is 1. The quantitative estimate of drug-likeness (QED) is 0.777. The SMILES string of the molecule is Nc1nc(Cc2nc(Cc3ccncc3)no2)cs1. The molecule has 7 heteroatoms. The van der Waals surface area contributed by atoms with Crippen molar-refractivity contribution in [2.24, 2.45) is 0 Å². The molecule has 0 radical (unpaired) electrons. The van der Waals surface area contributed by atoms with Gasteiger partial charge in [0.1, 0.15) is 0 Å². The molecule has 19 heavy (non-hydrogen) atoms. The van der Waals surface area contributed by atoms with Crippen molar-refractivity contribution in [3.05, 3.63) is 52.9 Å². The lowest BCUT2D eigenvalue weighted by atomic mass is 10.2. The maximum atomic E-state index is 5.57. The van der Waals surface area contributed by atoms with Crippen LogP contribution in [0.25, 0.3) is 0 Å². The molecule has 3 rings (SSSR count). The largest absolute Gasteiger partial charge is 0.375 e. The molecule has 0 saturated heterocycles. The molecule has 96 valence electrons. The number of hydrogen-bond donors (Lipinski definition) is 1. The van der Waals surface area contributed by atoms with Gasteiger partial charge in [-0.05, 0) is 17.7 Å². The molecule has 0 bridgehead atoms. The van der Waals surface area contributed by atoms with E-state index in [9.17, 15) is 0 Å². The van der Waals surface area contributed by atoms with E-state index in [1.54, 1.807) is 12.4 Å². The van der Waals surface area contributed by atoms with Gasteiger partial charge in [0.05, 0.1) is 12.1 Å². The van der Waals surface area contributed by atoms with Crippen molar-refractivity contribution < 1.29 is 4.52 Å². The van der Waals surface area contributed by atoms with Gasteiger partial charge in [-0.3, -0.25) is 4.98 Å². The molecule has 0 atom stereocenters. The van der Waals surface area contributed by atoms with Crippen molar-refractivity contribution in [2.45, 2.75) is 12.8 Å². The Hall–Kier alpha value is -2.28. The standard InChI is InChI=1S/C12H11N5OS/c13-12-15-9(7-19-12)6-11-16-10(17-18-11)5-8-1-3-14-4-2-8/h1-4,7H,5-6H2,(H2,13,15). The number of nitrogens with zero attached hydrogens (tertiary/aromatic N) is 4. The van der Waals surface area contributed by atoms with Crippen LogP contribution in [0, 0.1) is 0 Å². The van der Waals surface area contributed by atoms with Crippen LogP contribution in [-0.2, 0) is 12.8 Å². The maximum Gasteiger partial charge on any atom is 0.232 e. The van der Waals surface area contributed by atoms with Gasteiger partial charge in [-0.1, -0.05) is 5.16 Å². The van der Waals surface area contributed by atoms with Gasteiger partial charge in [-0.2, -0.15) is 4.98 Å². The van der Waals surface area contributed by atoms with E-state index in [0.29, 0.717) is 29.7 Å². The van der Waals surface area contributed by atoms with Crippen LogP contribution in [0.1, 0.15) is 23.0 Å². The Morgan fingerprint density at radius 2 is 2.00 bits per heavy atom. The van der Waals surface area contributed by atoms with E-state index in [1.807, 2.05) is 17.5 Å². The summed E-state index contributed by atoms with van der Waals surface area (Å²) >= 11 is 1.40. The first-order valence-corrected chi connectivity index (χ1v) is 6.58. The van der Waals surface area contributed by atoms with Gasteiger partial charge in [0.25, 0.3) is 0 Å². The highest BCUT2D eigenvalue weighted by Crippen LogP contribution is 2.14. The lowest BCUT2D eigenvalue weighted by molar-refractivity contribution is 0.379. The van der Waals surface area contributed by atoms with Crippen LogP contribution >= 0.6 is 11.3 Å². The van der Waals surface area contributed by atoms with Gasteiger partial charge in [-0.15, -0.1) is 11.3 Å². The zero-order valence-electron chi connectivity index (χ0n) is 9.98. The van der Waals surface area contributed by atoms with E-state index >= 15 is 0 Å². The first-order valence-electron chi connectivity index (χ1n) is 5.70. The Balaban J connectivity index is 1.69. The third-order valence-corrected chi connectivity index (χ3v) is 3.25. The third kappa shape index (κ3) is 2.94. The van der Waals surface area contributed by atoms with E-state index in [2.05, 4.69) is 20.1 Å². The number of hydrogen-bond acceptors (Lipinski definition) is 7. The van der Waals surface area contributed by atoms with Gasteiger partial charge in [0.15, 0.2) is 11.0 Å². The predicted molar refractivity (Wildman–Crippen MR) is 70.7 cm³/mol. The van der Waals surface area contributed by atoms with Crippen molar-refractivity contribution in [3.8, 4) is 0 Å². The normalized spacial score (nSPS) is 10.7. The molecule has 0 unspecified atom stereocenters. The average Bonchev–Trinajstić information content (AvgIpc) is 3.01. The van der Waals surface area contributed by atoms with Crippen LogP contribution in [0.15, 0.2) is 34.4 Å². The second-order valence-corrected chi connectivity index (χ2v) is 4.88. The predicted octanol–water partition coefficient (Wildman–Crippen LogP) is 1.68. The van der Waals surface area contributed by atoms with Gasteiger partial charge in [-0.25, -0.2) is 4.98 Å². The minimum Gasteiger partial charge on any atom is -0.375 e. The van der Waals surface area contributed by atoms with Crippen molar-refractivity contribution in [1.82, 2.24) is 20.1 Å². The molecular weight excluding hydrogens is 262 g/mol. The highest BCUT2D eigenvalue weighted by Gasteiger charge is 2.09. The lowest BCUT2D eigenvalue weighted by Gasteiger charge is -1.93. The van der Waals surface area contributed by atoms with Crippen LogP contribution in [0.4, 0.5) is 5.13 Å². The molecule has 0 aromatic carbocycles. The number of nitrogen functional groups attached to an aromatic ring is 1. The molecule has 6 nitrogen and oxygen atoms in total. The summed E-state index contributed by atoms with van der Waals surface area (Å²) in [6, 6.07) is 3.86.